The summed E-state index contributed by atoms with van der Waals surface area (Å²) in [5.74, 6) is -1.29. The molecule has 32 heavy (non-hydrogen) atoms. The van der Waals surface area contributed by atoms with Crippen molar-refractivity contribution in [2.24, 2.45) is 5.41 Å². The molecule has 1 aliphatic carbocycles. The van der Waals surface area contributed by atoms with E-state index in [1.807, 2.05) is 27.7 Å². The molecule has 2 saturated heterocycles. The summed E-state index contributed by atoms with van der Waals surface area (Å²) in [7, 11) is -4.65. The van der Waals surface area contributed by atoms with Crippen LogP contribution in [0.3, 0.4) is 0 Å². The van der Waals surface area contributed by atoms with E-state index in [-0.39, 0.29) is 19.4 Å². The third-order valence-corrected chi connectivity index (χ3v) is 9.35. The van der Waals surface area contributed by atoms with Crippen LogP contribution in [0.5, 0.6) is 0 Å². The zero-order valence-electron chi connectivity index (χ0n) is 18.8. The number of hydrogen-bond donors (Lipinski definition) is 2. The van der Waals surface area contributed by atoms with Crippen molar-refractivity contribution < 1.29 is 41.7 Å². The molecule has 0 aromatic rings. The number of likely N-dealkylation sites (tertiary alicyclic amines) is 1. The van der Waals surface area contributed by atoms with Gasteiger partial charge in [-0.25, -0.2) is 9.59 Å². The van der Waals surface area contributed by atoms with Gasteiger partial charge >= 0.3 is 19.2 Å². The molecule has 0 aromatic carbocycles. The average Bonchev–Trinajstić information content (AvgIpc) is 3.22. The van der Waals surface area contributed by atoms with Crippen LogP contribution in [-0.2, 0) is 28.4 Å². The van der Waals surface area contributed by atoms with Crippen molar-refractivity contribution >= 4 is 40.9 Å². The minimum atomic E-state index is -4.15. The third kappa shape index (κ3) is 3.91. The lowest BCUT2D eigenvalue weighted by atomic mass is 9.66. The second-order valence-electron chi connectivity index (χ2n) is 9.90. The molecule has 0 aromatic heterocycles. The Morgan fingerprint density at radius 1 is 1.16 bits per heavy atom. The van der Waals surface area contributed by atoms with Gasteiger partial charge in [0.1, 0.15) is 11.3 Å². The molecule has 3 aliphatic rings. The van der Waals surface area contributed by atoms with Gasteiger partial charge < -0.3 is 19.5 Å². The second-order valence-corrected chi connectivity index (χ2v) is 12.1. The van der Waals surface area contributed by atoms with Crippen LogP contribution in [0, 0.1) is 5.41 Å². The maximum atomic E-state index is 12.5. The summed E-state index contributed by atoms with van der Waals surface area (Å²) < 4.78 is 41.6. The molecule has 13 heteroatoms. The van der Waals surface area contributed by atoms with E-state index in [0.717, 1.165) is 4.90 Å². The number of nitrogens with zero attached hydrogens (tertiary/aromatic N) is 1. The van der Waals surface area contributed by atoms with Gasteiger partial charge in [0.05, 0.1) is 17.7 Å². The van der Waals surface area contributed by atoms with Crippen LogP contribution < -0.4 is 0 Å². The van der Waals surface area contributed by atoms with Crippen LogP contribution in [0.1, 0.15) is 59.8 Å². The van der Waals surface area contributed by atoms with E-state index in [4.69, 9.17) is 25.1 Å². The average molecular weight is 496 g/mol. The van der Waals surface area contributed by atoms with Crippen molar-refractivity contribution in [2.75, 3.05) is 11.8 Å². The molecule has 3 rings (SSSR count). The molecule has 0 bridgehead atoms. The van der Waals surface area contributed by atoms with Gasteiger partial charge in [-0.3, -0.25) is 9.08 Å². The Kier molecular flexibility index (Phi) is 6.63. The van der Waals surface area contributed by atoms with Crippen LogP contribution in [0.4, 0.5) is 4.79 Å². The Labute approximate surface area is 193 Å². The Morgan fingerprint density at radius 2 is 1.75 bits per heavy atom. The van der Waals surface area contributed by atoms with E-state index < -0.39 is 62.8 Å². The number of halogens is 1. The summed E-state index contributed by atoms with van der Waals surface area (Å²) in [5.41, 5.74) is -4.00. The number of aliphatic carboxylic acids is 1. The fourth-order valence-electron chi connectivity index (χ4n) is 5.60. The number of rotatable bonds is 8. The van der Waals surface area contributed by atoms with Gasteiger partial charge in [0.2, 0.25) is 0 Å². The standard InChI is InChI=1S/C19H31BClNO9S/c1-16(2)17(3,4)31-20(30-16)10-6-8-18-7-5-9-19(18,14(23)24)22(15(25)26)11-13(18)29-32(27,28)12-21/h13H,5-12H2,1-4H3,(H,23,24)(H,25,26)/t13?,18-,19-/m1/s1. The van der Waals surface area contributed by atoms with Crippen LogP contribution in [0.15, 0.2) is 0 Å². The summed E-state index contributed by atoms with van der Waals surface area (Å²) in [4.78, 5) is 25.3. The van der Waals surface area contributed by atoms with Crippen molar-refractivity contribution in [3.8, 4) is 0 Å². The second kappa shape index (κ2) is 8.30. The summed E-state index contributed by atoms with van der Waals surface area (Å²) in [6.45, 7) is 7.37. The van der Waals surface area contributed by atoms with Crippen LogP contribution in [-0.4, -0.2) is 77.3 Å². The topological polar surface area (TPSA) is 140 Å². The largest absolute Gasteiger partial charge is 0.479 e. The molecule has 10 nitrogen and oxygen atoms in total. The molecule has 3 atom stereocenters. The maximum Gasteiger partial charge on any atom is 0.457 e. The van der Waals surface area contributed by atoms with E-state index in [9.17, 15) is 28.2 Å². The van der Waals surface area contributed by atoms with E-state index in [0.29, 0.717) is 25.6 Å². The predicted molar refractivity (Wildman–Crippen MR) is 116 cm³/mol. The van der Waals surface area contributed by atoms with E-state index >= 15 is 0 Å². The van der Waals surface area contributed by atoms with E-state index in [2.05, 4.69) is 0 Å². The minimum Gasteiger partial charge on any atom is -0.479 e. The highest BCUT2D eigenvalue weighted by Gasteiger charge is 2.72. The number of amides is 1. The summed E-state index contributed by atoms with van der Waals surface area (Å²) in [6.07, 6.45) is -0.561. The smallest absolute Gasteiger partial charge is 0.457 e. The number of hydrogen-bond acceptors (Lipinski definition) is 7. The van der Waals surface area contributed by atoms with Gasteiger partial charge in [0.15, 0.2) is 5.54 Å². The van der Waals surface area contributed by atoms with Gasteiger partial charge in [-0.1, -0.05) is 6.42 Å². The molecule has 3 fully saturated rings. The maximum absolute atomic E-state index is 12.5. The molecule has 182 valence electrons. The summed E-state index contributed by atoms with van der Waals surface area (Å²) >= 11 is 5.51. The number of carboxylic acids is 1. The Morgan fingerprint density at radius 3 is 2.25 bits per heavy atom. The van der Waals surface area contributed by atoms with E-state index in [1.165, 1.54) is 0 Å². The highest BCUT2D eigenvalue weighted by Crippen LogP contribution is 2.60. The van der Waals surface area contributed by atoms with E-state index in [1.54, 1.807) is 0 Å². The number of fused-ring (bicyclic) bond motifs is 1. The Bertz CT molecular complexity index is 866. The van der Waals surface area contributed by atoms with Gasteiger partial charge in [0, 0.05) is 5.41 Å². The van der Waals surface area contributed by atoms with Crippen molar-refractivity contribution in [1.29, 1.82) is 0 Å². The molecule has 2 heterocycles. The Hall–Kier alpha value is -1.08. The zero-order chi connectivity index (χ0) is 24.2. The number of alkyl halides is 1. The lowest BCUT2D eigenvalue weighted by molar-refractivity contribution is -0.155. The predicted octanol–water partition coefficient (Wildman–Crippen LogP) is 2.76. The number of carboxylic acid groups (broad SMARTS) is 2. The molecule has 2 N–H and O–H groups in total. The van der Waals surface area contributed by atoms with Crippen molar-refractivity contribution in [1.82, 2.24) is 4.90 Å². The SMILES string of the molecule is CC1(C)OB(CCC[C@@]23CCC[C@]2(C(=O)O)N(C(=O)O)CC3OS(=O)(=O)CCl)OC1(C)C. The lowest BCUT2D eigenvalue weighted by Gasteiger charge is -2.42. The highest BCUT2D eigenvalue weighted by molar-refractivity contribution is 7.87. The van der Waals surface area contributed by atoms with Crippen molar-refractivity contribution in [3.05, 3.63) is 0 Å². The van der Waals surface area contributed by atoms with Gasteiger partial charge in [0.25, 0.3) is 10.1 Å². The zero-order valence-corrected chi connectivity index (χ0v) is 20.4. The fourth-order valence-corrected chi connectivity index (χ4v) is 6.41. The summed E-state index contributed by atoms with van der Waals surface area (Å²) in [5, 5.41) is 19.2. The molecule has 1 amide bonds. The quantitative estimate of drug-likeness (QED) is 0.295. The van der Waals surface area contributed by atoms with Gasteiger partial charge in [-0.2, -0.15) is 8.42 Å². The first-order chi connectivity index (χ1) is 14.6. The lowest BCUT2D eigenvalue weighted by Crippen LogP contribution is -2.59. The normalized spacial score (nSPS) is 33.5. The molecule has 0 radical (unpaired) electrons. The monoisotopic (exact) mass is 495 g/mol. The molecular formula is C19H31BClNO9S. The fraction of sp³-hybridized carbons (Fsp3) is 0.895. The molecule has 1 unspecified atom stereocenters. The highest BCUT2D eigenvalue weighted by atomic mass is 35.5. The first-order valence-corrected chi connectivity index (χ1v) is 12.8. The first-order valence-electron chi connectivity index (χ1n) is 10.7. The summed E-state index contributed by atoms with van der Waals surface area (Å²) in [6, 6.07) is 0. The van der Waals surface area contributed by atoms with Crippen molar-refractivity contribution in [3.63, 3.8) is 0 Å². The van der Waals surface area contributed by atoms with Gasteiger partial charge in [-0.05, 0) is 59.7 Å². The first kappa shape index (κ1) is 25.5. The molecule has 2 aliphatic heterocycles. The third-order valence-electron chi connectivity index (χ3n) is 7.76. The van der Waals surface area contributed by atoms with Gasteiger partial charge in [-0.15, -0.1) is 11.6 Å². The van der Waals surface area contributed by atoms with Crippen LogP contribution >= 0.6 is 11.6 Å². The molecular weight excluding hydrogens is 465 g/mol. The number of carbonyl (C=O) groups is 2. The Balaban J connectivity index is 1.89. The van der Waals surface area contributed by atoms with Crippen LogP contribution in [0.2, 0.25) is 6.32 Å². The van der Waals surface area contributed by atoms with Crippen LogP contribution in [0.25, 0.3) is 0 Å². The molecule has 0 spiro atoms. The minimum absolute atomic E-state index is 0.0892. The van der Waals surface area contributed by atoms with Crippen molar-refractivity contribution in [2.45, 2.75) is 89.0 Å². The molecule has 1 saturated carbocycles.